The van der Waals surface area contributed by atoms with Crippen molar-refractivity contribution in [2.45, 2.75) is 38.8 Å². The van der Waals surface area contributed by atoms with Crippen LogP contribution in [0.4, 0.5) is 8.78 Å². The van der Waals surface area contributed by atoms with Gasteiger partial charge in [-0.1, -0.05) is 12.8 Å². The van der Waals surface area contributed by atoms with Gasteiger partial charge < -0.3 is 24.8 Å². The number of amides is 1. The highest BCUT2D eigenvalue weighted by Gasteiger charge is 2.49. The van der Waals surface area contributed by atoms with Crippen molar-refractivity contribution in [3.05, 3.63) is 17.7 Å². The van der Waals surface area contributed by atoms with Gasteiger partial charge in [-0.25, -0.2) is 0 Å². The zero-order valence-corrected chi connectivity index (χ0v) is 15.6. The highest BCUT2D eigenvalue weighted by atomic mass is 35.5. The smallest absolute Gasteiger partial charge is 0.387 e. The molecule has 2 fully saturated rings. The van der Waals surface area contributed by atoms with Gasteiger partial charge in [0.05, 0.1) is 5.41 Å². The maximum absolute atomic E-state index is 12.9. The third-order valence-electron chi connectivity index (χ3n) is 5.70. The lowest BCUT2D eigenvalue weighted by Crippen LogP contribution is -2.47. The van der Waals surface area contributed by atoms with E-state index in [9.17, 15) is 13.6 Å². The molecule has 0 spiro atoms. The normalized spacial score (nSPS) is 25.7. The third kappa shape index (κ3) is 3.78. The van der Waals surface area contributed by atoms with Crippen LogP contribution in [-0.2, 0) is 11.3 Å². The van der Waals surface area contributed by atoms with E-state index in [0.717, 1.165) is 32.2 Å². The molecular weight excluding hydrogens is 382 g/mol. The maximum Gasteiger partial charge on any atom is 0.387 e. The molecule has 1 aliphatic carbocycles. The summed E-state index contributed by atoms with van der Waals surface area (Å²) in [6.45, 7) is -1.28. The molecule has 1 aromatic rings. The molecule has 0 bridgehead atoms. The Morgan fingerprint density at radius 2 is 2.11 bits per heavy atom. The van der Waals surface area contributed by atoms with Crippen LogP contribution in [0.3, 0.4) is 0 Å². The van der Waals surface area contributed by atoms with E-state index in [1.54, 1.807) is 6.07 Å². The largest absolute Gasteiger partial charge is 0.454 e. The average molecular weight is 405 g/mol. The fraction of sp³-hybridized carbons (Fsp3) is 0.611. The number of fused-ring (bicyclic) bond motifs is 2. The van der Waals surface area contributed by atoms with Gasteiger partial charge in [-0.2, -0.15) is 8.78 Å². The molecule has 0 radical (unpaired) electrons. The van der Waals surface area contributed by atoms with Crippen LogP contribution in [0.15, 0.2) is 12.1 Å². The Hall–Kier alpha value is -1.80. The number of carbonyl (C=O) groups is 1. The van der Waals surface area contributed by atoms with Gasteiger partial charge in [0, 0.05) is 24.7 Å². The van der Waals surface area contributed by atoms with Gasteiger partial charge in [0.2, 0.25) is 12.7 Å². The number of alkyl halides is 2. The minimum absolute atomic E-state index is 0. The summed E-state index contributed by atoms with van der Waals surface area (Å²) in [5.41, 5.74) is 0.0517. The van der Waals surface area contributed by atoms with Gasteiger partial charge in [-0.05, 0) is 31.4 Å². The fourth-order valence-corrected chi connectivity index (χ4v) is 4.35. The third-order valence-corrected chi connectivity index (χ3v) is 5.70. The van der Waals surface area contributed by atoms with Crippen molar-refractivity contribution < 1.29 is 27.8 Å². The lowest BCUT2D eigenvalue weighted by molar-refractivity contribution is -0.134. The lowest BCUT2D eigenvalue weighted by atomic mass is 9.67. The average Bonchev–Trinajstić information content (AvgIpc) is 3.25. The molecule has 0 aromatic heterocycles. The maximum atomic E-state index is 12.9. The SMILES string of the molecule is Cl.O=C(NCc1cc2c(cc1OC(F)F)OCO2)[C@@]12CCCC[C@H]1CNC2. The number of carbonyl (C=O) groups excluding carboxylic acids is 1. The molecule has 1 saturated heterocycles. The summed E-state index contributed by atoms with van der Waals surface area (Å²) in [6, 6.07) is 2.97. The molecule has 2 N–H and O–H groups in total. The Morgan fingerprint density at radius 1 is 1.33 bits per heavy atom. The molecule has 1 aromatic carbocycles. The van der Waals surface area contributed by atoms with E-state index >= 15 is 0 Å². The summed E-state index contributed by atoms with van der Waals surface area (Å²) in [4.78, 5) is 12.9. The summed E-state index contributed by atoms with van der Waals surface area (Å²) in [5, 5.41) is 6.27. The van der Waals surface area contributed by atoms with Crippen LogP contribution >= 0.6 is 12.4 Å². The highest BCUT2D eigenvalue weighted by molar-refractivity contribution is 5.85. The Kier molecular flexibility index (Phi) is 5.95. The second kappa shape index (κ2) is 8.06. The number of nitrogens with one attached hydrogen (secondary N) is 2. The van der Waals surface area contributed by atoms with Crippen molar-refractivity contribution in [1.29, 1.82) is 0 Å². The summed E-state index contributed by atoms with van der Waals surface area (Å²) >= 11 is 0. The van der Waals surface area contributed by atoms with Gasteiger partial charge in [0.1, 0.15) is 5.75 Å². The van der Waals surface area contributed by atoms with Crippen LogP contribution in [-0.4, -0.2) is 32.4 Å². The van der Waals surface area contributed by atoms with Crippen molar-refractivity contribution in [3.8, 4) is 17.2 Å². The Balaban J connectivity index is 0.00000210. The molecule has 2 aliphatic heterocycles. The predicted molar refractivity (Wildman–Crippen MR) is 95.6 cm³/mol. The monoisotopic (exact) mass is 404 g/mol. The first kappa shape index (κ1) is 19.9. The summed E-state index contributed by atoms with van der Waals surface area (Å²) < 4.78 is 40.6. The van der Waals surface area contributed by atoms with Crippen LogP contribution in [0, 0.1) is 11.3 Å². The molecule has 2 atom stereocenters. The molecule has 6 nitrogen and oxygen atoms in total. The minimum Gasteiger partial charge on any atom is -0.454 e. The summed E-state index contributed by atoms with van der Waals surface area (Å²) in [6.07, 6.45) is 4.09. The first-order valence-corrected chi connectivity index (χ1v) is 8.95. The Morgan fingerprint density at radius 3 is 2.89 bits per heavy atom. The molecule has 27 heavy (non-hydrogen) atoms. The molecule has 1 saturated carbocycles. The molecule has 150 valence electrons. The topological polar surface area (TPSA) is 68.8 Å². The molecule has 0 unspecified atom stereocenters. The van der Waals surface area contributed by atoms with Crippen molar-refractivity contribution in [2.24, 2.45) is 11.3 Å². The van der Waals surface area contributed by atoms with Crippen molar-refractivity contribution in [3.63, 3.8) is 0 Å². The molecule has 1 amide bonds. The zero-order chi connectivity index (χ0) is 18.1. The van der Waals surface area contributed by atoms with Gasteiger partial charge in [-0.15, -0.1) is 12.4 Å². The van der Waals surface area contributed by atoms with Gasteiger partial charge in [0.15, 0.2) is 11.5 Å². The number of hydrogen-bond donors (Lipinski definition) is 2. The Labute approximate surface area is 162 Å². The van der Waals surface area contributed by atoms with E-state index < -0.39 is 12.0 Å². The summed E-state index contributed by atoms with van der Waals surface area (Å²) in [7, 11) is 0. The van der Waals surface area contributed by atoms with Gasteiger partial charge in [-0.3, -0.25) is 4.79 Å². The van der Waals surface area contributed by atoms with Gasteiger partial charge in [0.25, 0.3) is 0 Å². The van der Waals surface area contributed by atoms with Crippen molar-refractivity contribution in [1.82, 2.24) is 10.6 Å². The number of halogens is 3. The number of rotatable bonds is 5. The van der Waals surface area contributed by atoms with E-state index in [1.807, 2.05) is 0 Å². The highest BCUT2D eigenvalue weighted by Crippen LogP contribution is 2.44. The van der Waals surface area contributed by atoms with Crippen LogP contribution in [0.25, 0.3) is 0 Å². The molecule has 3 aliphatic rings. The number of ether oxygens (including phenoxy) is 3. The van der Waals surface area contributed by atoms with Crippen molar-refractivity contribution >= 4 is 18.3 Å². The van der Waals surface area contributed by atoms with E-state index in [2.05, 4.69) is 15.4 Å². The van der Waals surface area contributed by atoms with Gasteiger partial charge >= 0.3 is 6.61 Å². The van der Waals surface area contributed by atoms with E-state index in [1.165, 1.54) is 6.07 Å². The minimum atomic E-state index is -2.95. The van der Waals surface area contributed by atoms with Crippen LogP contribution < -0.4 is 24.8 Å². The standard InChI is InChI=1S/C18H22F2N2O4.ClH/c19-17(20)26-13-6-15-14(24-10-25-15)5-11(13)7-22-16(23)18-4-2-1-3-12(18)8-21-9-18;/h5-6,12,17,21H,1-4,7-10H2,(H,22,23);1H/t12-,18+;/m0./s1. The summed E-state index contributed by atoms with van der Waals surface area (Å²) in [5.74, 6) is 1.14. The van der Waals surface area contributed by atoms with Crippen molar-refractivity contribution in [2.75, 3.05) is 19.9 Å². The van der Waals surface area contributed by atoms with Crippen LogP contribution in [0.1, 0.15) is 31.2 Å². The van der Waals surface area contributed by atoms with E-state index in [4.69, 9.17) is 9.47 Å². The van der Waals surface area contributed by atoms with E-state index in [-0.39, 0.29) is 37.4 Å². The van der Waals surface area contributed by atoms with E-state index in [0.29, 0.717) is 29.5 Å². The first-order valence-electron chi connectivity index (χ1n) is 8.95. The second-order valence-corrected chi connectivity index (χ2v) is 7.10. The van der Waals surface area contributed by atoms with Crippen LogP contribution in [0.5, 0.6) is 17.2 Å². The molecule has 4 rings (SSSR count). The second-order valence-electron chi connectivity index (χ2n) is 7.10. The lowest BCUT2D eigenvalue weighted by Gasteiger charge is -2.37. The quantitative estimate of drug-likeness (QED) is 0.789. The molecule has 2 heterocycles. The Bertz CT molecular complexity index is 706. The van der Waals surface area contributed by atoms with Crippen LogP contribution in [0.2, 0.25) is 0 Å². The fourth-order valence-electron chi connectivity index (χ4n) is 4.35. The first-order chi connectivity index (χ1) is 12.6. The zero-order valence-electron chi connectivity index (χ0n) is 14.8. The molecule has 9 heteroatoms. The molecular formula is C18H23ClF2N2O4. The number of benzene rings is 1. The number of hydrogen-bond acceptors (Lipinski definition) is 5. The predicted octanol–water partition coefficient (Wildman–Crippen LogP) is 2.83.